The van der Waals surface area contributed by atoms with E-state index in [1.54, 1.807) is 25.1 Å². The Hall–Kier alpha value is -3.36. The molecule has 2 heterocycles. The highest BCUT2D eigenvalue weighted by Gasteiger charge is 2.29. The summed E-state index contributed by atoms with van der Waals surface area (Å²) in [5.41, 5.74) is -0.952. The van der Waals surface area contributed by atoms with Crippen molar-refractivity contribution in [3.05, 3.63) is 40.2 Å². The van der Waals surface area contributed by atoms with Gasteiger partial charge in [-0.15, -0.1) is 0 Å². The molecule has 1 amide bonds. The van der Waals surface area contributed by atoms with Crippen LogP contribution in [0.15, 0.2) is 33.5 Å². The molecule has 0 spiro atoms. The normalized spacial score (nSPS) is 14.4. The third-order valence-corrected chi connectivity index (χ3v) is 4.96. The molecule has 160 valence electrons. The van der Waals surface area contributed by atoms with Gasteiger partial charge in [-0.25, -0.2) is 9.59 Å². The Morgan fingerprint density at radius 1 is 1.17 bits per heavy atom. The lowest BCUT2D eigenvalue weighted by molar-refractivity contribution is -0.151. The van der Waals surface area contributed by atoms with Crippen molar-refractivity contribution in [3.63, 3.8) is 0 Å². The van der Waals surface area contributed by atoms with Crippen molar-refractivity contribution in [1.29, 1.82) is 0 Å². The number of nitrogens with zero attached hydrogens (tertiary/aromatic N) is 1. The number of fused-ring (bicyclic) bond motifs is 1. The number of ether oxygens (including phenoxy) is 3. The maximum atomic E-state index is 12.3. The average molecular weight is 417 g/mol. The van der Waals surface area contributed by atoms with Crippen molar-refractivity contribution in [2.45, 2.75) is 19.8 Å². The Bertz CT molecular complexity index is 1000. The number of hydrogen-bond donors (Lipinski definition) is 0. The van der Waals surface area contributed by atoms with Crippen LogP contribution in [0.1, 0.15) is 30.1 Å². The predicted molar refractivity (Wildman–Crippen MR) is 105 cm³/mol. The quantitative estimate of drug-likeness (QED) is 0.516. The lowest BCUT2D eigenvalue weighted by Crippen LogP contribution is -2.42. The molecule has 0 saturated carbocycles. The van der Waals surface area contributed by atoms with E-state index in [1.807, 2.05) is 0 Å². The van der Waals surface area contributed by atoms with Crippen LogP contribution in [0, 0.1) is 5.92 Å². The lowest BCUT2D eigenvalue weighted by atomic mass is 9.97. The third kappa shape index (κ3) is 4.61. The van der Waals surface area contributed by atoms with E-state index in [4.69, 9.17) is 18.6 Å². The summed E-state index contributed by atoms with van der Waals surface area (Å²) in [5, 5.41) is 0.494. The molecule has 0 atom stereocenters. The molecule has 0 bridgehead atoms. The van der Waals surface area contributed by atoms with Crippen molar-refractivity contribution in [3.8, 4) is 5.75 Å². The number of amides is 1. The summed E-state index contributed by atoms with van der Waals surface area (Å²) in [6.07, 6.45) is 0.989. The fraction of sp³-hybridized carbons (Fsp3) is 0.429. The first-order valence-electron chi connectivity index (χ1n) is 9.67. The number of methoxy groups -OCH3 is 1. The van der Waals surface area contributed by atoms with E-state index in [0.717, 1.165) is 0 Å². The second-order valence-corrected chi connectivity index (χ2v) is 6.81. The molecule has 1 aliphatic heterocycles. The van der Waals surface area contributed by atoms with Crippen LogP contribution in [0.5, 0.6) is 5.75 Å². The average Bonchev–Trinajstić information content (AvgIpc) is 2.76. The van der Waals surface area contributed by atoms with Crippen LogP contribution in [0.2, 0.25) is 0 Å². The summed E-state index contributed by atoms with van der Waals surface area (Å²) in [4.78, 5) is 50.1. The Morgan fingerprint density at radius 3 is 2.57 bits per heavy atom. The molecule has 30 heavy (non-hydrogen) atoms. The van der Waals surface area contributed by atoms with Gasteiger partial charge < -0.3 is 23.5 Å². The number of rotatable bonds is 6. The number of hydrogen-bond acceptors (Lipinski definition) is 8. The number of benzene rings is 1. The molecule has 1 aromatic carbocycles. The molecule has 9 nitrogen and oxygen atoms in total. The van der Waals surface area contributed by atoms with E-state index in [1.165, 1.54) is 18.1 Å². The van der Waals surface area contributed by atoms with E-state index in [2.05, 4.69) is 0 Å². The smallest absolute Gasteiger partial charge is 0.351 e. The molecule has 0 unspecified atom stereocenters. The third-order valence-electron chi connectivity index (χ3n) is 4.96. The van der Waals surface area contributed by atoms with Gasteiger partial charge in [-0.1, -0.05) is 12.1 Å². The molecular formula is C21H23NO8. The first-order chi connectivity index (χ1) is 14.4. The largest absolute Gasteiger partial charge is 0.493 e. The van der Waals surface area contributed by atoms with E-state index >= 15 is 0 Å². The SMILES string of the molecule is CCOC(=O)C1CCN(C(=O)COC(=O)c2cc3cccc(OC)c3oc2=O)CC1. The summed E-state index contributed by atoms with van der Waals surface area (Å²) in [5.74, 6) is -1.45. The fourth-order valence-corrected chi connectivity index (χ4v) is 3.34. The number of likely N-dealkylation sites (tertiary alicyclic amines) is 1. The number of piperidine rings is 1. The van der Waals surface area contributed by atoms with E-state index < -0.39 is 24.1 Å². The second kappa shape index (κ2) is 9.43. The molecule has 1 fully saturated rings. The van der Waals surface area contributed by atoms with Gasteiger partial charge in [0.2, 0.25) is 0 Å². The van der Waals surface area contributed by atoms with Crippen molar-refractivity contribution < 1.29 is 33.0 Å². The molecule has 0 N–H and O–H groups in total. The van der Waals surface area contributed by atoms with Gasteiger partial charge >= 0.3 is 17.6 Å². The van der Waals surface area contributed by atoms with Gasteiger partial charge in [0.25, 0.3) is 5.91 Å². The number of para-hydroxylation sites is 1. The van der Waals surface area contributed by atoms with Gasteiger partial charge in [-0.05, 0) is 31.9 Å². The van der Waals surface area contributed by atoms with Crippen LogP contribution in [-0.4, -0.2) is 56.2 Å². The molecule has 1 saturated heterocycles. The van der Waals surface area contributed by atoms with Crippen LogP contribution < -0.4 is 10.4 Å². The van der Waals surface area contributed by atoms with Crippen LogP contribution >= 0.6 is 0 Å². The number of carbonyl (C=O) groups excluding carboxylic acids is 3. The zero-order chi connectivity index (χ0) is 21.7. The van der Waals surface area contributed by atoms with E-state index in [-0.39, 0.29) is 23.0 Å². The standard InChI is InChI=1S/C21H23NO8/c1-3-28-19(24)13-7-9-22(10-8-13)17(23)12-29-20(25)15-11-14-5-4-6-16(27-2)18(14)30-21(15)26/h4-6,11,13H,3,7-10,12H2,1-2H3. The van der Waals surface area contributed by atoms with Gasteiger partial charge in [-0.3, -0.25) is 9.59 Å². The highest BCUT2D eigenvalue weighted by Crippen LogP contribution is 2.24. The topological polar surface area (TPSA) is 112 Å². The van der Waals surface area contributed by atoms with Gasteiger partial charge in [0.05, 0.1) is 19.6 Å². The summed E-state index contributed by atoms with van der Waals surface area (Å²) < 4.78 is 20.4. The first-order valence-corrected chi connectivity index (χ1v) is 9.67. The maximum Gasteiger partial charge on any atom is 0.351 e. The van der Waals surface area contributed by atoms with Crippen molar-refractivity contribution in [2.75, 3.05) is 33.4 Å². The molecule has 9 heteroatoms. The van der Waals surface area contributed by atoms with Crippen LogP contribution in [0.4, 0.5) is 0 Å². The number of carbonyl (C=O) groups is 3. The first kappa shape index (κ1) is 21.4. The Balaban J connectivity index is 1.59. The number of esters is 2. The zero-order valence-electron chi connectivity index (χ0n) is 16.8. The predicted octanol–water partition coefficient (Wildman–Crippen LogP) is 1.76. The molecule has 0 aliphatic carbocycles. The van der Waals surface area contributed by atoms with Gasteiger partial charge in [0.15, 0.2) is 17.9 Å². The molecule has 3 rings (SSSR count). The highest BCUT2D eigenvalue weighted by atomic mass is 16.5. The van der Waals surface area contributed by atoms with E-state index in [9.17, 15) is 19.2 Å². The van der Waals surface area contributed by atoms with Crippen LogP contribution in [0.3, 0.4) is 0 Å². The Labute approximate surface area is 172 Å². The summed E-state index contributed by atoms with van der Waals surface area (Å²) in [6.45, 7) is 2.31. The van der Waals surface area contributed by atoms with Crippen LogP contribution in [0.25, 0.3) is 11.0 Å². The van der Waals surface area contributed by atoms with Crippen molar-refractivity contribution in [1.82, 2.24) is 4.90 Å². The molecule has 2 aromatic rings. The van der Waals surface area contributed by atoms with Crippen molar-refractivity contribution >= 4 is 28.8 Å². The maximum absolute atomic E-state index is 12.3. The highest BCUT2D eigenvalue weighted by molar-refractivity contribution is 5.95. The minimum atomic E-state index is -0.941. The monoisotopic (exact) mass is 417 g/mol. The fourth-order valence-electron chi connectivity index (χ4n) is 3.34. The molecule has 1 aliphatic rings. The Kier molecular flexibility index (Phi) is 6.71. The molecular weight excluding hydrogens is 394 g/mol. The van der Waals surface area contributed by atoms with Gasteiger partial charge in [-0.2, -0.15) is 0 Å². The van der Waals surface area contributed by atoms with Crippen LogP contribution in [-0.2, 0) is 19.1 Å². The minimum Gasteiger partial charge on any atom is -0.493 e. The molecule has 1 aromatic heterocycles. The summed E-state index contributed by atoms with van der Waals surface area (Å²) >= 11 is 0. The van der Waals surface area contributed by atoms with Gasteiger partial charge in [0, 0.05) is 18.5 Å². The molecule has 0 radical (unpaired) electrons. The van der Waals surface area contributed by atoms with Crippen molar-refractivity contribution in [2.24, 2.45) is 5.92 Å². The lowest BCUT2D eigenvalue weighted by Gasteiger charge is -2.30. The van der Waals surface area contributed by atoms with E-state index in [0.29, 0.717) is 43.7 Å². The zero-order valence-corrected chi connectivity index (χ0v) is 16.8. The second-order valence-electron chi connectivity index (χ2n) is 6.81. The van der Waals surface area contributed by atoms with Gasteiger partial charge in [0.1, 0.15) is 5.56 Å². The minimum absolute atomic E-state index is 0.224. The summed E-state index contributed by atoms with van der Waals surface area (Å²) in [7, 11) is 1.44. The summed E-state index contributed by atoms with van der Waals surface area (Å²) in [6, 6.07) is 6.34. The Morgan fingerprint density at radius 2 is 1.90 bits per heavy atom.